The molecule has 0 unspecified atom stereocenters. The number of unbranched alkanes of at least 4 members (excludes halogenated alkanes) is 1. The van der Waals surface area contributed by atoms with Crippen molar-refractivity contribution in [1.82, 2.24) is 0 Å². The lowest BCUT2D eigenvalue weighted by molar-refractivity contribution is 0.208. The molecule has 0 N–H and O–H groups in total. The third-order valence-electron chi connectivity index (χ3n) is 21.8. The van der Waals surface area contributed by atoms with Gasteiger partial charge in [0.15, 0.2) is 0 Å². The average molecular weight is 1750 g/mol. The molecular formula is C118H140O12. The maximum atomic E-state index is 5.99. The summed E-state index contributed by atoms with van der Waals surface area (Å²) in [5, 5.41) is 0. The molecule has 0 bridgehead atoms. The molecule has 0 atom stereocenters. The molecule has 2 aliphatic carbocycles. The maximum absolute atomic E-state index is 5.99. The summed E-state index contributed by atoms with van der Waals surface area (Å²) in [5.41, 5.74) is 9.05. The van der Waals surface area contributed by atoms with Crippen LogP contribution in [-0.2, 0) is 6.61 Å². The smallest absolute Gasteiger partial charge is 0.131 e. The van der Waals surface area contributed by atoms with Gasteiger partial charge in [-0.2, -0.15) is 0 Å². The van der Waals surface area contributed by atoms with Gasteiger partial charge in [-0.25, -0.2) is 0 Å². The fourth-order valence-electron chi connectivity index (χ4n) is 13.7. The molecule has 15 rings (SSSR count). The van der Waals surface area contributed by atoms with Crippen LogP contribution in [0.5, 0.6) is 103 Å². The second-order valence-corrected chi connectivity index (χ2v) is 35.5. The Morgan fingerprint density at radius 3 is 0.746 bits per heavy atom. The van der Waals surface area contributed by atoms with Gasteiger partial charge in [0, 0.05) is 36.4 Å². The van der Waals surface area contributed by atoms with Gasteiger partial charge in [0.2, 0.25) is 0 Å². The summed E-state index contributed by atoms with van der Waals surface area (Å²) in [6.07, 6.45) is 11.5. The molecule has 2 saturated carbocycles. The predicted octanol–water partition coefficient (Wildman–Crippen LogP) is 34.6. The first kappa shape index (κ1) is 99.6. The third kappa shape index (κ3) is 36.9. The van der Waals surface area contributed by atoms with Crippen LogP contribution < -0.4 is 56.8 Å². The molecule has 0 radical (unpaired) electrons. The highest BCUT2D eigenvalue weighted by Gasteiger charge is 2.22. The highest BCUT2D eigenvalue weighted by molar-refractivity contribution is 5.45. The molecule has 684 valence electrons. The summed E-state index contributed by atoms with van der Waals surface area (Å²) >= 11 is 0. The number of benzene rings is 13. The van der Waals surface area contributed by atoms with Crippen LogP contribution in [0.2, 0.25) is 0 Å². The summed E-state index contributed by atoms with van der Waals surface area (Å²) in [4.78, 5) is 0. The van der Waals surface area contributed by atoms with Gasteiger partial charge in [0.05, 0.1) is 33.0 Å². The minimum absolute atomic E-state index is 0.512. The number of ether oxygens (including phenoxy) is 12. The van der Waals surface area contributed by atoms with Crippen molar-refractivity contribution in [3.05, 3.63) is 360 Å². The minimum atomic E-state index is 0.512. The fourth-order valence-corrected chi connectivity index (χ4v) is 13.7. The SMILES string of the molecule is CC(C)COc1cccc(Oc2ccc(C(C)C)cc2)c1.CC(C)c1ccc(Oc2cccc(OCC3CC3)c2)cc1.CC(C)c1ccc(Oc2cccc(OCC3CCCCC3)c2)cc1.CC(C)c1ccc(Oc2cccc(OCc3ccccc3)c2)cc1.CCCCOc1cccc(Oc2ccc(C(C)C)cc2)c1.CCOc1cccc(Oc2ccc(C(C)C)cc2)c1. The molecule has 12 heteroatoms. The molecule has 13 aromatic rings. The van der Waals surface area contributed by atoms with Crippen molar-refractivity contribution in [3.8, 4) is 103 Å². The Kier molecular flexibility index (Phi) is 41.4. The van der Waals surface area contributed by atoms with Crippen LogP contribution in [0.1, 0.15) is 243 Å². The molecule has 13 aromatic carbocycles. The number of hydrogen-bond donors (Lipinski definition) is 0. The monoisotopic (exact) mass is 1750 g/mol. The van der Waals surface area contributed by atoms with Gasteiger partial charge < -0.3 is 56.8 Å². The second-order valence-electron chi connectivity index (χ2n) is 35.5. The van der Waals surface area contributed by atoms with E-state index in [1.807, 2.05) is 244 Å². The van der Waals surface area contributed by atoms with Crippen LogP contribution in [0.15, 0.2) is 322 Å². The van der Waals surface area contributed by atoms with Crippen molar-refractivity contribution in [2.45, 2.75) is 211 Å². The van der Waals surface area contributed by atoms with E-state index < -0.39 is 0 Å². The minimum Gasteiger partial charge on any atom is -0.494 e. The lowest BCUT2D eigenvalue weighted by Crippen LogP contribution is -2.15. The Balaban J connectivity index is 0.000000162. The van der Waals surface area contributed by atoms with E-state index in [1.54, 1.807) is 0 Å². The second kappa shape index (κ2) is 54.1. The Hall–Kier alpha value is -12.5. The van der Waals surface area contributed by atoms with Crippen molar-refractivity contribution >= 4 is 0 Å². The molecule has 130 heavy (non-hydrogen) atoms. The molecular weight excluding hydrogens is 1610 g/mol. The van der Waals surface area contributed by atoms with E-state index in [0.717, 1.165) is 148 Å². The van der Waals surface area contributed by atoms with Crippen molar-refractivity contribution in [3.63, 3.8) is 0 Å². The first-order valence-corrected chi connectivity index (χ1v) is 47.1. The Morgan fingerprint density at radius 1 is 0.231 bits per heavy atom. The normalized spacial score (nSPS) is 12.1. The molecule has 2 fully saturated rings. The van der Waals surface area contributed by atoms with Crippen LogP contribution >= 0.6 is 0 Å². The van der Waals surface area contributed by atoms with E-state index in [0.29, 0.717) is 67.2 Å². The standard InChI is InChI=1S/C22H28O2.C22H22O2.C19H22O2.2C19H24O2.C17H20O2/c2*1-17(2)19-11-13-20(14-12-19)24-22-10-6-9-21(15-22)23-16-18-7-4-3-5-8-18;1-14(2)16-8-10-17(11-9-16)21-19-5-3-4-18(12-19)20-13-15-6-7-15;1-14(2)13-20-18-6-5-7-19(12-18)21-17-10-8-16(9-11-17)15(3)4;1-4-5-13-20-18-7-6-8-19(14-18)21-17-11-9-16(10-12-17)15(2)3;1-4-18-16-6-5-7-17(12-16)19-15-10-8-14(9-11-15)13(2)3/h6,9-15,17-18H,3-5,7-8,16H2,1-2H3;3-15,17H,16H2,1-2H3;3-5,8-12,14-15H,6-7,13H2,1-2H3;5-12,14-15H,13H2,1-4H3;6-12,14-15H,4-5,13H2,1-3H3;5-13H,4H2,1-3H3. The molecule has 0 aliphatic heterocycles. The zero-order valence-electron chi connectivity index (χ0n) is 79.8. The summed E-state index contributed by atoms with van der Waals surface area (Å²) in [5.74, 6) is 20.3. The van der Waals surface area contributed by atoms with Crippen LogP contribution in [0, 0.1) is 17.8 Å². The molecule has 0 amide bonds. The maximum Gasteiger partial charge on any atom is 0.131 e. The van der Waals surface area contributed by atoms with Crippen molar-refractivity contribution < 1.29 is 56.8 Å². The molecule has 12 nitrogen and oxygen atoms in total. The van der Waals surface area contributed by atoms with Gasteiger partial charge in [-0.1, -0.05) is 269 Å². The Bertz CT molecular complexity index is 5200. The highest BCUT2D eigenvalue weighted by Crippen LogP contribution is 2.37. The molecule has 0 spiro atoms. The molecule has 0 heterocycles. The van der Waals surface area contributed by atoms with Gasteiger partial charge in [-0.15, -0.1) is 0 Å². The van der Waals surface area contributed by atoms with Gasteiger partial charge in [0.25, 0.3) is 0 Å². The van der Waals surface area contributed by atoms with E-state index in [1.165, 1.54) is 78.3 Å². The van der Waals surface area contributed by atoms with E-state index >= 15 is 0 Å². The van der Waals surface area contributed by atoms with E-state index in [2.05, 4.69) is 189 Å². The predicted molar refractivity (Wildman–Crippen MR) is 535 cm³/mol. The lowest BCUT2D eigenvalue weighted by atomic mass is 9.90. The van der Waals surface area contributed by atoms with Gasteiger partial charge in [-0.3, -0.25) is 0 Å². The van der Waals surface area contributed by atoms with Gasteiger partial charge in [-0.05, 0) is 277 Å². The number of rotatable bonds is 36. The van der Waals surface area contributed by atoms with E-state index in [4.69, 9.17) is 56.8 Å². The zero-order valence-corrected chi connectivity index (χ0v) is 79.8. The molecule has 0 saturated heterocycles. The summed E-state index contributed by atoms with van der Waals surface area (Å²) in [6.45, 7) is 39.0. The van der Waals surface area contributed by atoms with Crippen LogP contribution in [-0.4, -0.2) is 33.0 Å². The van der Waals surface area contributed by atoms with E-state index in [9.17, 15) is 0 Å². The van der Waals surface area contributed by atoms with Crippen LogP contribution in [0.25, 0.3) is 0 Å². The van der Waals surface area contributed by atoms with E-state index in [-0.39, 0.29) is 0 Å². The quantitative estimate of drug-likeness (QED) is 0.0349. The summed E-state index contributed by atoms with van der Waals surface area (Å²) in [7, 11) is 0. The summed E-state index contributed by atoms with van der Waals surface area (Å²) in [6, 6.07) is 107. The van der Waals surface area contributed by atoms with Crippen LogP contribution in [0.3, 0.4) is 0 Å². The third-order valence-corrected chi connectivity index (χ3v) is 21.8. The zero-order chi connectivity index (χ0) is 92.2. The Morgan fingerprint density at radius 2 is 0.485 bits per heavy atom. The van der Waals surface area contributed by atoms with Gasteiger partial charge in [0.1, 0.15) is 110 Å². The Labute approximate surface area is 777 Å². The van der Waals surface area contributed by atoms with Crippen molar-refractivity contribution in [2.24, 2.45) is 17.8 Å². The fraction of sp³-hybridized carbons (Fsp3) is 0.339. The van der Waals surface area contributed by atoms with Crippen LogP contribution in [0.4, 0.5) is 0 Å². The first-order chi connectivity index (χ1) is 63.0. The average Bonchev–Trinajstić information content (AvgIpc) is 1.42. The van der Waals surface area contributed by atoms with Crippen molar-refractivity contribution in [1.29, 1.82) is 0 Å². The number of hydrogen-bond acceptors (Lipinski definition) is 12. The topological polar surface area (TPSA) is 111 Å². The molecule has 0 aromatic heterocycles. The largest absolute Gasteiger partial charge is 0.494 e. The highest BCUT2D eigenvalue weighted by atomic mass is 16.5. The molecule has 2 aliphatic rings. The first-order valence-electron chi connectivity index (χ1n) is 47.1. The summed E-state index contributed by atoms with van der Waals surface area (Å²) < 4.78 is 69.8. The van der Waals surface area contributed by atoms with Gasteiger partial charge >= 0.3 is 0 Å². The van der Waals surface area contributed by atoms with Crippen molar-refractivity contribution in [2.75, 3.05) is 33.0 Å². The lowest BCUT2D eigenvalue weighted by Gasteiger charge is -2.21.